The standard InChI is InChI=1S/C18H31N/c1-5-12-19-14-18(9-6-15(2)3)13-17-10-7-16(4)8-11-17/h7-8,10-11,15,18-19H,5-6,9,12-14H2,1-4H3. The molecule has 1 atom stereocenters. The van der Waals surface area contributed by atoms with Crippen LogP contribution in [0.25, 0.3) is 0 Å². The zero-order valence-corrected chi connectivity index (χ0v) is 13.2. The molecule has 0 aromatic heterocycles. The molecule has 0 aliphatic heterocycles. The van der Waals surface area contributed by atoms with Gasteiger partial charge in [0, 0.05) is 0 Å². The second kappa shape index (κ2) is 9.14. The van der Waals surface area contributed by atoms with Crippen molar-refractivity contribution in [1.29, 1.82) is 0 Å². The highest BCUT2D eigenvalue weighted by Gasteiger charge is 2.10. The van der Waals surface area contributed by atoms with Gasteiger partial charge in [0.05, 0.1) is 0 Å². The molecule has 0 amide bonds. The van der Waals surface area contributed by atoms with E-state index in [0.29, 0.717) is 0 Å². The van der Waals surface area contributed by atoms with Crippen LogP contribution in [0.5, 0.6) is 0 Å². The van der Waals surface area contributed by atoms with E-state index in [1.54, 1.807) is 0 Å². The quantitative estimate of drug-likeness (QED) is 0.641. The molecule has 1 N–H and O–H groups in total. The number of aryl methyl sites for hydroxylation is 1. The van der Waals surface area contributed by atoms with Crippen LogP contribution in [0.3, 0.4) is 0 Å². The maximum absolute atomic E-state index is 3.59. The first-order valence-electron chi connectivity index (χ1n) is 7.88. The number of nitrogens with one attached hydrogen (secondary N) is 1. The Hall–Kier alpha value is -0.820. The molecular formula is C18H31N. The smallest absolute Gasteiger partial charge is 0.00173 e. The minimum atomic E-state index is 0.775. The minimum Gasteiger partial charge on any atom is -0.316 e. The van der Waals surface area contributed by atoms with E-state index in [2.05, 4.69) is 57.3 Å². The molecular weight excluding hydrogens is 230 g/mol. The van der Waals surface area contributed by atoms with Gasteiger partial charge < -0.3 is 5.32 Å². The fourth-order valence-corrected chi connectivity index (χ4v) is 2.39. The molecule has 1 aromatic rings. The fraction of sp³-hybridized carbons (Fsp3) is 0.667. The van der Waals surface area contributed by atoms with Gasteiger partial charge in [-0.3, -0.25) is 0 Å². The van der Waals surface area contributed by atoms with Crippen LogP contribution in [0.1, 0.15) is 51.2 Å². The van der Waals surface area contributed by atoms with Crippen LogP contribution in [0, 0.1) is 18.8 Å². The van der Waals surface area contributed by atoms with Crippen LogP contribution in [-0.2, 0) is 6.42 Å². The third-order valence-corrected chi connectivity index (χ3v) is 3.66. The number of hydrogen-bond donors (Lipinski definition) is 1. The number of rotatable bonds is 9. The highest BCUT2D eigenvalue weighted by atomic mass is 14.8. The van der Waals surface area contributed by atoms with Gasteiger partial charge in [0.2, 0.25) is 0 Å². The monoisotopic (exact) mass is 261 g/mol. The molecule has 0 spiro atoms. The molecule has 1 unspecified atom stereocenters. The topological polar surface area (TPSA) is 12.0 Å². The molecule has 0 heterocycles. The van der Waals surface area contributed by atoms with Crippen LogP contribution in [-0.4, -0.2) is 13.1 Å². The first kappa shape index (κ1) is 16.2. The lowest BCUT2D eigenvalue weighted by molar-refractivity contribution is 0.399. The van der Waals surface area contributed by atoms with Crippen molar-refractivity contribution in [2.24, 2.45) is 11.8 Å². The van der Waals surface area contributed by atoms with Crippen LogP contribution >= 0.6 is 0 Å². The first-order valence-corrected chi connectivity index (χ1v) is 7.88. The van der Waals surface area contributed by atoms with Gasteiger partial charge in [0.15, 0.2) is 0 Å². The van der Waals surface area contributed by atoms with Crippen LogP contribution in [0.2, 0.25) is 0 Å². The Balaban J connectivity index is 2.48. The Morgan fingerprint density at radius 2 is 1.74 bits per heavy atom. The van der Waals surface area contributed by atoms with E-state index < -0.39 is 0 Å². The average molecular weight is 261 g/mol. The second-order valence-corrected chi connectivity index (χ2v) is 6.23. The van der Waals surface area contributed by atoms with Crippen LogP contribution < -0.4 is 5.32 Å². The van der Waals surface area contributed by atoms with E-state index in [1.807, 2.05) is 0 Å². The molecule has 0 saturated carbocycles. The van der Waals surface area contributed by atoms with Gasteiger partial charge in [-0.25, -0.2) is 0 Å². The Bertz CT molecular complexity index is 326. The van der Waals surface area contributed by atoms with Crippen molar-refractivity contribution in [2.45, 2.75) is 53.4 Å². The Morgan fingerprint density at radius 1 is 1.05 bits per heavy atom. The Morgan fingerprint density at radius 3 is 2.32 bits per heavy atom. The summed E-state index contributed by atoms with van der Waals surface area (Å²) in [6, 6.07) is 9.04. The van der Waals surface area contributed by atoms with Gasteiger partial charge >= 0.3 is 0 Å². The lowest BCUT2D eigenvalue weighted by Gasteiger charge is -2.19. The summed E-state index contributed by atoms with van der Waals surface area (Å²) in [5.74, 6) is 1.59. The van der Waals surface area contributed by atoms with Crippen LogP contribution in [0.15, 0.2) is 24.3 Å². The van der Waals surface area contributed by atoms with Crippen molar-refractivity contribution < 1.29 is 0 Å². The summed E-state index contributed by atoms with van der Waals surface area (Å²) < 4.78 is 0. The van der Waals surface area contributed by atoms with Gasteiger partial charge in [-0.15, -0.1) is 0 Å². The average Bonchev–Trinajstić information content (AvgIpc) is 2.38. The molecule has 108 valence electrons. The molecule has 1 nitrogen and oxygen atoms in total. The van der Waals surface area contributed by atoms with Crippen molar-refractivity contribution in [1.82, 2.24) is 5.32 Å². The molecule has 0 aliphatic rings. The summed E-state index contributed by atoms with van der Waals surface area (Å²) in [5, 5.41) is 3.59. The zero-order valence-electron chi connectivity index (χ0n) is 13.2. The summed E-state index contributed by atoms with van der Waals surface area (Å²) in [6.07, 6.45) is 5.11. The summed E-state index contributed by atoms with van der Waals surface area (Å²) in [7, 11) is 0. The third-order valence-electron chi connectivity index (χ3n) is 3.66. The van der Waals surface area contributed by atoms with Gasteiger partial charge in [-0.05, 0) is 56.7 Å². The molecule has 1 rings (SSSR count). The summed E-state index contributed by atoms with van der Waals surface area (Å²) in [4.78, 5) is 0. The zero-order chi connectivity index (χ0) is 14.1. The molecule has 0 radical (unpaired) electrons. The highest BCUT2D eigenvalue weighted by molar-refractivity contribution is 5.21. The molecule has 0 saturated heterocycles. The second-order valence-electron chi connectivity index (χ2n) is 6.23. The Kier molecular flexibility index (Phi) is 7.81. The number of hydrogen-bond acceptors (Lipinski definition) is 1. The van der Waals surface area contributed by atoms with Gasteiger partial charge in [-0.2, -0.15) is 0 Å². The van der Waals surface area contributed by atoms with Crippen molar-refractivity contribution >= 4 is 0 Å². The molecule has 0 bridgehead atoms. The summed E-state index contributed by atoms with van der Waals surface area (Å²) in [5.41, 5.74) is 2.84. The Labute approximate surface area is 119 Å². The molecule has 0 aliphatic carbocycles. The summed E-state index contributed by atoms with van der Waals surface area (Å²) in [6.45, 7) is 11.3. The van der Waals surface area contributed by atoms with E-state index in [4.69, 9.17) is 0 Å². The van der Waals surface area contributed by atoms with Crippen LogP contribution in [0.4, 0.5) is 0 Å². The van der Waals surface area contributed by atoms with Crippen molar-refractivity contribution in [3.05, 3.63) is 35.4 Å². The third kappa shape index (κ3) is 7.37. The molecule has 0 fully saturated rings. The predicted octanol–water partition coefficient (Wildman–Crippen LogP) is 4.59. The van der Waals surface area contributed by atoms with Crippen molar-refractivity contribution in [2.75, 3.05) is 13.1 Å². The lowest BCUT2D eigenvalue weighted by atomic mass is 9.91. The van der Waals surface area contributed by atoms with Crippen molar-refractivity contribution in [3.8, 4) is 0 Å². The molecule has 19 heavy (non-hydrogen) atoms. The van der Waals surface area contributed by atoms with Gasteiger partial charge in [-0.1, -0.05) is 57.0 Å². The van der Waals surface area contributed by atoms with E-state index in [1.165, 1.54) is 36.8 Å². The fourth-order valence-electron chi connectivity index (χ4n) is 2.39. The maximum atomic E-state index is 3.59. The van der Waals surface area contributed by atoms with Gasteiger partial charge in [0.25, 0.3) is 0 Å². The minimum absolute atomic E-state index is 0.775. The highest BCUT2D eigenvalue weighted by Crippen LogP contribution is 2.17. The first-order chi connectivity index (χ1) is 9.11. The SMILES string of the molecule is CCCNCC(CCC(C)C)Cc1ccc(C)cc1. The largest absolute Gasteiger partial charge is 0.316 e. The lowest BCUT2D eigenvalue weighted by Crippen LogP contribution is -2.25. The molecule has 1 aromatic carbocycles. The predicted molar refractivity (Wildman–Crippen MR) is 85.6 cm³/mol. The summed E-state index contributed by atoms with van der Waals surface area (Å²) >= 11 is 0. The van der Waals surface area contributed by atoms with E-state index in [9.17, 15) is 0 Å². The van der Waals surface area contributed by atoms with Crippen molar-refractivity contribution in [3.63, 3.8) is 0 Å². The molecule has 1 heteroatoms. The maximum Gasteiger partial charge on any atom is -0.00173 e. The van der Waals surface area contributed by atoms with E-state index in [0.717, 1.165) is 24.9 Å². The van der Waals surface area contributed by atoms with E-state index in [-0.39, 0.29) is 0 Å². The normalized spacial score (nSPS) is 12.9. The number of benzene rings is 1. The van der Waals surface area contributed by atoms with E-state index >= 15 is 0 Å². The van der Waals surface area contributed by atoms with Gasteiger partial charge in [0.1, 0.15) is 0 Å².